The molecule has 0 aliphatic carbocycles. The number of carbonyl (C=O) groups is 2. The Morgan fingerprint density at radius 2 is 1.90 bits per heavy atom. The summed E-state index contributed by atoms with van der Waals surface area (Å²) in [6.07, 6.45) is 3.05. The molecule has 1 aromatic carbocycles. The van der Waals surface area contributed by atoms with Gasteiger partial charge in [-0.05, 0) is 36.8 Å². The third kappa shape index (κ3) is 6.66. The normalized spacial score (nSPS) is 23.4. The molecule has 2 saturated heterocycles. The van der Waals surface area contributed by atoms with Crippen molar-refractivity contribution >= 4 is 23.9 Å². The molecule has 0 bridgehead atoms. The van der Waals surface area contributed by atoms with E-state index in [1.54, 1.807) is 13.0 Å². The highest BCUT2D eigenvalue weighted by Gasteiger charge is 2.53. The maximum absolute atomic E-state index is 12.9. The Morgan fingerprint density at radius 1 is 1.10 bits per heavy atom. The molecule has 13 nitrogen and oxygen atoms in total. The maximum atomic E-state index is 12.9. The molecule has 2 amide bonds. The lowest BCUT2D eigenvalue weighted by molar-refractivity contribution is -0.141. The van der Waals surface area contributed by atoms with Crippen LogP contribution in [-0.2, 0) is 25.6 Å². The van der Waals surface area contributed by atoms with Gasteiger partial charge in [0.05, 0.1) is 24.5 Å². The number of rotatable bonds is 10. The molecule has 41 heavy (non-hydrogen) atoms. The number of pyridine rings is 1. The van der Waals surface area contributed by atoms with Crippen molar-refractivity contribution in [3.8, 4) is 0 Å². The van der Waals surface area contributed by atoms with Crippen molar-refractivity contribution in [3.63, 3.8) is 0 Å². The van der Waals surface area contributed by atoms with Crippen molar-refractivity contribution in [1.82, 2.24) is 19.9 Å². The summed E-state index contributed by atoms with van der Waals surface area (Å²) in [5, 5.41) is 14.5. The van der Waals surface area contributed by atoms with Crippen LogP contribution in [0.1, 0.15) is 34.8 Å². The van der Waals surface area contributed by atoms with Crippen molar-refractivity contribution < 1.29 is 33.6 Å². The molecular formula is C28H29N5O8. The van der Waals surface area contributed by atoms with Gasteiger partial charge < -0.3 is 29.4 Å². The molecule has 0 saturated carbocycles. The van der Waals surface area contributed by atoms with Crippen LogP contribution in [0.3, 0.4) is 0 Å². The number of aromatic nitrogens is 3. The molecule has 2 unspecified atom stereocenters. The number of urea groups is 1. The number of ether oxygens (including phenoxy) is 4. The van der Waals surface area contributed by atoms with Gasteiger partial charge in [-0.1, -0.05) is 36.4 Å². The van der Waals surface area contributed by atoms with Gasteiger partial charge in [0, 0.05) is 18.9 Å². The first-order valence-corrected chi connectivity index (χ1v) is 13.0. The Labute approximate surface area is 234 Å². The van der Waals surface area contributed by atoms with Crippen LogP contribution in [0.25, 0.3) is 6.08 Å². The summed E-state index contributed by atoms with van der Waals surface area (Å²) in [6.45, 7) is 2.14. The number of carbonyl (C=O) groups excluding carboxylic acids is 1. The van der Waals surface area contributed by atoms with Gasteiger partial charge in [-0.25, -0.2) is 14.4 Å². The highest BCUT2D eigenvalue weighted by atomic mass is 16.8. The third-order valence-electron chi connectivity index (χ3n) is 6.44. The Kier molecular flexibility index (Phi) is 8.79. The van der Waals surface area contributed by atoms with E-state index in [0.29, 0.717) is 6.54 Å². The SMILES string of the molecule is CCNC(=O)Nc1ccn([C@@H]2O[C@H](COCc3ncccc3C(=O)O)C3O[C@H](/C=C/c4ccccc4)OC32)c(=O)n1. The Morgan fingerprint density at radius 3 is 2.66 bits per heavy atom. The average molecular weight is 564 g/mol. The summed E-state index contributed by atoms with van der Waals surface area (Å²) >= 11 is 0. The fraction of sp³-hybridized carbons (Fsp3) is 0.321. The first-order chi connectivity index (χ1) is 19.9. The van der Waals surface area contributed by atoms with Crippen molar-refractivity contribution in [1.29, 1.82) is 0 Å². The second kappa shape index (κ2) is 12.8. The number of carboxylic acid groups (broad SMARTS) is 1. The molecule has 13 heteroatoms. The number of hydrogen-bond donors (Lipinski definition) is 3. The number of carboxylic acids is 1. The summed E-state index contributed by atoms with van der Waals surface area (Å²) in [6, 6.07) is 13.6. The van der Waals surface area contributed by atoms with Gasteiger partial charge in [0.25, 0.3) is 0 Å². The van der Waals surface area contributed by atoms with E-state index in [1.807, 2.05) is 36.4 Å². The molecule has 2 aliphatic heterocycles. The van der Waals surface area contributed by atoms with E-state index in [1.165, 1.54) is 35.2 Å². The number of fused-ring (bicyclic) bond motifs is 1. The first-order valence-electron chi connectivity index (χ1n) is 13.0. The third-order valence-corrected chi connectivity index (χ3v) is 6.44. The van der Waals surface area contributed by atoms with Crippen molar-refractivity contribution in [3.05, 3.63) is 94.3 Å². The molecule has 3 aromatic rings. The van der Waals surface area contributed by atoms with Crippen LogP contribution < -0.4 is 16.3 Å². The zero-order valence-electron chi connectivity index (χ0n) is 22.1. The van der Waals surface area contributed by atoms with Crippen LogP contribution in [-0.4, -0.2) is 69.4 Å². The highest BCUT2D eigenvalue weighted by molar-refractivity contribution is 5.88. The lowest BCUT2D eigenvalue weighted by Crippen LogP contribution is -2.35. The van der Waals surface area contributed by atoms with Crippen molar-refractivity contribution in [2.75, 3.05) is 18.5 Å². The summed E-state index contributed by atoms with van der Waals surface area (Å²) < 4.78 is 25.6. The standard InChI is InChI=1S/C28H29N5O8/c1-2-29-27(36)31-21-12-14-33(28(37)32-21)25-24-23(40-22(41-24)11-10-17-7-4-3-5-8-17)20(39-25)16-38-15-19-18(26(34)35)9-6-13-30-19/h3-14,20,22-25H,2,15-16H2,1H3,(H,34,35)(H2,29,31,32,36,37)/b11-10+/t20-,22+,23?,24?,25-/m1/s1. The minimum Gasteiger partial charge on any atom is -0.478 e. The molecule has 4 heterocycles. The Hall–Kier alpha value is -4.43. The van der Waals surface area contributed by atoms with Crippen LogP contribution in [0.4, 0.5) is 10.6 Å². The van der Waals surface area contributed by atoms with E-state index in [9.17, 15) is 19.5 Å². The molecule has 2 fully saturated rings. The summed E-state index contributed by atoms with van der Waals surface area (Å²) in [4.78, 5) is 44.4. The smallest absolute Gasteiger partial charge is 0.351 e. The summed E-state index contributed by atoms with van der Waals surface area (Å²) in [7, 11) is 0. The van der Waals surface area contributed by atoms with Crippen LogP contribution in [0, 0.1) is 0 Å². The number of nitrogens with zero attached hydrogens (tertiary/aromatic N) is 3. The monoisotopic (exact) mass is 563 g/mol. The fourth-order valence-corrected chi connectivity index (χ4v) is 4.58. The molecule has 0 spiro atoms. The molecule has 0 radical (unpaired) electrons. The van der Waals surface area contributed by atoms with Gasteiger partial charge in [-0.15, -0.1) is 0 Å². The summed E-state index contributed by atoms with van der Waals surface area (Å²) in [5.41, 5.74) is 0.621. The largest absolute Gasteiger partial charge is 0.478 e. The quantitative estimate of drug-likeness (QED) is 0.334. The second-order valence-corrected chi connectivity index (χ2v) is 9.21. The van der Waals surface area contributed by atoms with Gasteiger partial charge in [-0.3, -0.25) is 14.9 Å². The minimum atomic E-state index is -1.11. The summed E-state index contributed by atoms with van der Waals surface area (Å²) in [5.74, 6) is -1.02. The van der Waals surface area contributed by atoms with E-state index >= 15 is 0 Å². The van der Waals surface area contributed by atoms with E-state index in [2.05, 4.69) is 20.6 Å². The van der Waals surface area contributed by atoms with Gasteiger partial charge in [0.15, 0.2) is 12.5 Å². The maximum Gasteiger partial charge on any atom is 0.351 e. The molecule has 5 atom stereocenters. The minimum absolute atomic E-state index is 0.0186. The Bertz CT molecular complexity index is 1460. The van der Waals surface area contributed by atoms with Gasteiger partial charge in [0.1, 0.15) is 24.1 Å². The molecular weight excluding hydrogens is 534 g/mol. The van der Waals surface area contributed by atoms with Crippen molar-refractivity contribution in [2.45, 2.75) is 44.4 Å². The van der Waals surface area contributed by atoms with Crippen LogP contribution in [0.15, 0.2) is 71.8 Å². The fourth-order valence-electron chi connectivity index (χ4n) is 4.58. The van der Waals surface area contributed by atoms with E-state index in [0.717, 1.165) is 5.56 Å². The number of aromatic carboxylic acids is 1. The molecule has 2 aliphatic rings. The molecule has 214 valence electrons. The number of anilines is 1. The average Bonchev–Trinajstić information content (AvgIpc) is 3.52. The number of amides is 2. The molecule has 5 rings (SSSR count). The highest BCUT2D eigenvalue weighted by Crippen LogP contribution is 2.39. The Balaban J connectivity index is 1.33. The molecule has 3 N–H and O–H groups in total. The number of benzene rings is 1. The van der Waals surface area contributed by atoms with Crippen LogP contribution in [0.2, 0.25) is 0 Å². The second-order valence-electron chi connectivity index (χ2n) is 9.21. The van der Waals surface area contributed by atoms with Crippen LogP contribution in [0.5, 0.6) is 0 Å². The lowest BCUT2D eigenvalue weighted by atomic mass is 10.1. The predicted octanol–water partition coefficient (Wildman–Crippen LogP) is 2.42. The van der Waals surface area contributed by atoms with Gasteiger partial charge >= 0.3 is 17.7 Å². The topological polar surface area (TPSA) is 163 Å². The van der Waals surface area contributed by atoms with Crippen molar-refractivity contribution in [2.24, 2.45) is 0 Å². The van der Waals surface area contributed by atoms with Gasteiger partial charge in [0.2, 0.25) is 0 Å². The molecule has 2 aromatic heterocycles. The van der Waals surface area contributed by atoms with Crippen LogP contribution >= 0.6 is 0 Å². The zero-order chi connectivity index (χ0) is 28.8. The number of hydrogen-bond acceptors (Lipinski definition) is 9. The first kappa shape index (κ1) is 28.1. The lowest BCUT2D eigenvalue weighted by Gasteiger charge is -2.21. The van der Waals surface area contributed by atoms with E-state index in [4.69, 9.17) is 18.9 Å². The van der Waals surface area contributed by atoms with E-state index in [-0.39, 0.29) is 30.3 Å². The zero-order valence-corrected chi connectivity index (χ0v) is 22.1. The number of nitrogens with one attached hydrogen (secondary N) is 2. The van der Waals surface area contributed by atoms with E-state index < -0.39 is 48.5 Å². The van der Waals surface area contributed by atoms with Gasteiger partial charge in [-0.2, -0.15) is 4.98 Å². The predicted molar refractivity (Wildman–Crippen MR) is 145 cm³/mol.